The SMILES string of the molecule is O=C(CC1CCCCO1)N(CCN1CCOCC1)Cc1ccccc1F. The van der Waals surface area contributed by atoms with Crippen molar-refractivity contribution < 1.29 is 18.7 Å². The predicted octanol–water partition coefficient (Wildman–Crippen LogP) is 2.45. The summed E-state index contributed by atoms with van der Waals surface area (Å²) in [5.74, 6) is -0.209. The van der Waals surface area contributed by atoms with Gasteiger partial charge in [-0.25, -0.2) is 4.39 Å². The molecule has 1 aromatic carbocycles. The second-order valence-electron chi connectivity index (χ2n) is 7.05. The van der Waals surface area contributed by atoms with Crippen LogP contribution in [0.2, 0.25) is 0 Å². The first kappa shape index (κ1) is 19.3. The van der Waals surface area contributed by atoms with Crippen molar-refractivity contribution in [2.75, 3.05) is 46.0 Å². The minimum atomic E-state index is -0.259. The Bertz CT molecular complexity index is 572. The molecule has 6 heteroatoms. The van der Waals surface area contributed by atoms with E-state index in [1.165, 1.54) is 6.07 Å². The number of hydrogen-bond donors (Lipinski definition) is 0. The van der Waals surface area contributed by atoms with E-state index >= 15 is 0 Å². The van der Waals surface area contributed by atoms with E-state index in [0.29, 0.717) is 25.1 Å². The summed E-state index contributed by atoms with van der Waals surface area (Å²) in [5, 5.41) is 0. The molecule has 0 aliphatic carbocycles. The topological polar surface area (TPSA) is 42.0 Å². The smallest absolute Gasteiger partial charge is 0.225 e. The third-order valence-electron chi connectivity index (χ3n) is 5.14. The fraction of sp³-hybridized carbons (Fsp3) is 0.650. The van der Waals surface area contributed by atoms with Crippen molar-refractivity contribution in [3.05, 3.63) is 35.6 Å². The van der Waals surface area contributed by atoms with Crippen molar-refractivity contribution >= 4 is 5.91 Å². The summed E-state index contributed by atoms with van der Waals surface area (Å²) in [7, 11) is 0. The predicted molar refractivity (Wildman–Crippen MR) is 97.3 cm³/mol. The lowest BCUT2D eigenvalue weighted by molar-refractivity contribution is -0.136. The highest BCUT2D eigenvalue weighted by Crippen LogP contribution is 2.18. The number of carbonyl (C=O) groups is 1. The van der Waals surface area contributed by atoms with Crippen molar-refractivity contribution in [2.24, 2.45) is 0 Å². The van der Waals surface area contributed by atoms with E-state index in [2.05, 4.69) is 4.90 Å². The van der Waals surface area contributed by atoms with Gasteiger partial charge in [-0.05, 0) is 25.3 Å². The first-order valence-corrected chi connectivity index (χ1v) is 9.65. The molecule has 2 fully saturated rings. The average Bonchev–Trinajstić information content (AvgIpc) is 2.68. The Balaban J connectivity index is 1.61. The second kappa shape index (κ2) is 10.00. The van der Waals surface area contributed by atoms with Gasteiger partial charge in [-0.15, -0.1) is 0 Å². The first-order chi connectivity index (χ1) is 12.7. The average molecular weight is 364 g/mol. The largest absolute Gasteiger partial charge is 0.379 e. The molecule has 1 atom stereocenters. The zero-order chi connectivity index (χ0) is 18.2. The molecule has 2 aliphatic rings. The van der Waals surface area contributed by atoms with Gasteiger partial charge in [0.15, 0.2) is 0 Å². The van der Waals surface area contributed by atoms with E-state index < -0.39 is 0 Å². The molecule has 2 saturated heterocycles. The Morgan fingerprint density at radius 3 is 2.73 bits per heavy atom. The van der Waals surface area contributed by atoms with Gasteiger partial charge in [-0.3, -0.25) is 9.69 Å². The Morgan fingerprint density at radius 1 is 1.19 bits per heavy atom. The van der Waals surface area contributed by atoms with Gasteiger partial charge < -0.3 is 14.4 Å². The van der Waals surface area contributed by atoms with Crippen LogP contribution in [0.5, 0.6) is 0 Å². The molecule has 0 aromatic heterocycles. The number of ether oxygens (including phenoxy) is 2. The zero-order valence-corrected chi connectivity index (χ0v) is 15.4. The number of hydrogen-bond acceptors (Lipinski definition) is 4. The van der Waals surface area contributed by atoms with Crippen LogP contribution in [0.25, 0.3) is 0 Å². The van der Waals surface area contributed by atoms with Crippen molar-refractivity contribution in [3.63, 3.8) is 0 Å². The maximum absolute atomic E-state index is 14.1. The summed E-state index contributed by atoms with van der Waals surface area (Å²) in [5.41, 5.74) is 0.562. The molecular weight excluding hydrogens is 335 g/mol. The molecule has 0 spiro atoms. The standard InChI is InChI=1S/C20H29FN2O3/c21-19-7-2-1-5-17(19)16-23(9-8-22-10-13-25-14-11-22)20(24)15-18-6-3-4-12-26-18/h1-2,5,7,18H,3-4,6,8-16H2. The van der Waals surface area contributed by atoms with Gasteiger partial charge in [0.1, 0.15) is 5.82 Å². The Kier molecular flexibility index (Phi) is 7.41. The molecule has 26 heavy (non-hydrogen) atoms. The molecule has 1 amide bonds. The molecule has 1 aromatic rings. The number of halogens is 1. The van der Waals surface area contributed by atoms with Crippen LogP contribution in [-0.4, -0.2) is 67.8 Å². The molecule has 3 rings (SSSR count). The van der Waals surface area contributed by atoms with Gasteiger partial charge in [0.2, 0.25) is 5.91 Å². The number of rotatable bonds is 7. The van der Waals surface area contributed by atoms with Crippen molar-refractivity contribution in [3.8, 4) is 0 Å². The van der Waals surface area contributed by atoms with E-state index in [0.717, 1.165) is 58.7 Å². The third kappa shape index (κ3) is 5.76. The lowest BCUT2D eigenvalue weighted by Crippen LogP contribution is -2.43. The zero-order valence-electron chi connectivity index (χ0n) is 15.4. The molecule has 5 nitrogen and oxygen atoms in total. The summed E-state index contributed by atoms with van der Waals surface area (Å²) < 4.78 is 25.2. The molecule has 2 heterocycles. The summed E-state index contributed by atoms with van der Waals surface area (Å²) >= 11 is 0. The van der Waals surface area contributed by atoms with E-state index in [9.17, 15) is 9.18 Å². The fourth-order valence-corrected chi connectivity index (χ4v) is 3.50. The van der Waals surface area contributed by atoms with Gasteiger partial charge >= 0.3 is 0 Å². The van der Waals surface area contributed by atoms with E-state index in [4.69, 9.17) is 9.47 Å². The highest BCUT2D eigenvalue weighted by Gasteiger charge is 2.23. The van der Waals surface area contributed by atoms with Crippen molar-refractivity contribution in [2.45, 2.75) is 38.3 Å². The fourth-order valence-electron chi connectivity index (χ4n) is 3.50. The molecule has 2 aliphatic heterocycles. The van der Waals surface area contributed by atoms with Crippen LogP contribution < -0.4 is 0 Å². The van der Waals surface area contributed by atoms with E-state index in [1.807, 2.05) is 6.07 Å². The molecule has 0 bridgehead atoms. The molecule has 144 valence electrons. The van der Waals surface area contributed by atoms with Crippen LogP contribution in [0, 0.1) is 5.82 Å². The minimum absolute atomic E-state index is 0.00255. The first-order valence-electron chi connectivity index (χ1n) is 9.65. The van der Waals surface area contributed by atoms with Crippen LogP contribution in [0.1, 0.15) is 31.2 Å². The summed E-state index contributed by atoms with van der Waals surface area (Å²) in [6.45, 7) is 5.66. The van der Waals surface area contributed by atoms with Gasteiger partial charge in [-0.1, -0.05) is 18.2 Å². The van der Waals surface area contributed by atoms with Crippen LogP contribution in [0.4, 0.5) is 4.39 Å². The monoisotopic (exact) mass is 364 g/mol. The van der Waals surface area contributed by atoms with Gasteiger partial charge in [0, 0.05) is 44.9 Å². The summed E-state index contributed by atoms with van der Waals surface area (Å²) in [4.78, 5) is 17.0. The van der Waals surface area contributed by atoms with Crippen LogP contribution in [0.3, 0.4) is 0 Å². The van der Waals surface area contributed by atoms with Crippen LogP contribution in [0.15, 0.2) is 24.3 Å². The lowest BCUT2D eigenvalue weighted by atomic mass is 10.1. The quantitative estimate of drug-likeness (QED) is 0.745. The molecule has 1 unspecified atom stereocenters. The molecule has 0 N–H and O–H groups in total. The van der Waals surface area contributed by atoms with Crippen molar-refractivity contribution in [1.29, 1.82) is 0 Å². The maximum atomic E-state index is 14.1. The third-order valence-corrected chi connectivity index (χ3v) is 5.14. The maximum Gasteiger partial charge on any atom is 0.225 e. The van der Waals surface area contributed by atoms with Gasteiger partial charge in [0.25, 0.3) is 0 Å². The number of amides is 1. The van der Waals surface area contributed by atoms with Crippen LogP contribution in [-0.2, 0) is 20.8 Å². The lowest BCUT2D eigenvalue weighted by Gasteiger charge is -2.31. The number of carbonyl (C=O) groups excluding carboxylic acids is 1. The van der Waals surface area contributed by atoms with E-state index in [1.54, 1.807) is 17.0 Å². The minimum Gasteiger partial charge on any atom is -0.379 e. The van der Waals surface area contributed by atoms with E-state index in [-0.39, 0.29) is 17.8 Å². The highest BCUT2D eigenvalue weighted by molar-refractivity contribution is 5.76. The Morgan fingerprint density at radius 2 is 2.00 bits per heavy atom. The summed E-state index contributed by atoms with van der Waals surface area (Å²) in [6, 6.07) is 6.69. The molecular formula is C20H29FN2O3. The highest BCUT2D eigenvalue weighted by atomic mass is 19.1. The second-order valence-corrected chi connectivity index (χ2v) is 7.05. The molecule has 0 radical (unpaired) electrons. The normalized spacial score (nSPS) is 21.5. The number of nitrogens with zero attached hydrogens (tertiary/aromatic N) is 2. The Hall–Kier alpha value is -1.50. The number of morpholine rings is 1. The molecule has 0 saturated carbocycles. The van der Waals surface area contributed by atoms with Gasteiger partial charge in [-0.2, -0.15) is 0 Å². The Labute approximate surface area is 155 Å². The van der Waals surface area contributed by atoms with Crippen molar-refractivity contribution in [1.82, 2.24) is 9.80 Å². The number of benzene rings is 1. The van der Waals surface area contributed by atoms with Gasteiger partial charge in [0.05, 0.1) is 25.7 Å². The summed E-state index contributed by atoms with van der Waals surface area (Å²) in [6.07, 6.45) is 3.50. The van der Waals surface area contributed by atoms with Crippen LogP contribution >= 0.6 is 0 Å².